The van der Waals surface area contributed by atoms with Crippen LogP contribution in [0.4, 0.5) is 4.79 Å². The maximum Gasteiger partial charge on any atom is 0.317 e. The molecule has 5 heteroatoms. The summed E-state index contributed by atoms with van der Waals surface area (Å²) in [7, 11) is 0. The van der Waals surface area contributed by atoms with Crippen LogP contribution in [-0.4, -0.2) is 59.1 Å². The van der Waals surface area contributed by atoms with Crippen LogP contribution >= 0.6 is 0 Å². The molecule has 27 heavy (non-hydrogen) atoms. The first-order chi connectivity index (χ1) is 13.2. The molecule has 1 saturated heterocycles. The molecule has 0 bridgehead atoms. The van der Waals surface area contributed by atoms with Gasteiger partial charge in [0, 0.05) is 54.7 Å². The monoisotopic (exact) mass is 368 g/mol. The van der Waals surface area contributed by atoms with Crippen molar-refractivity contribution >= 4 is 16.9 Å². The zero-order valence-corrected chi connectivity index (χ0v) is 16.8. The fourth-order valence-corrected chi connectivity index (χ4v) is 5.22. The van der Waals surface area contributed by atoms with Gasteiger partial charge in [-0.05, 0) is 56.8 Å². The minimum atomic E-state index is 0.0799. The third-order valence-electron chi connectivity index (χ3n) is 6.46. The number of hydrogen-bond acceptors (Lipinski definition) is 2. The van der Waals surface area contributed by atoms with E-state index in [9.17, 15) is 4.79 Å². The topological polar surface area (TPSA) is 51.4 Å². The Morgan fingerprint density at radius 1 is 1.30 bits per heavy atom. The fourth-order valence-electron chi connectivity index (χ4n) is 5.22. The molecule has 1 fully saturated rings. The van der Waals surface area contributed by atoms with E-state index in [-0.39, 0.29) is 12.1 Å². The Morgan fingerprint density at radius 3 is 2.85 bits per heavy atom. The highest BCUT2D eigenvalue weighted by Crippen LogP contribution is 2.43. The fraction of sp³-hybridized carbons (Fsp3) is 0.591. The highest BCUT2D eigenvalue weighted by Gasteiger charge is 2.41. The van der Waals surface area contributed by atoms with E-state index in [0.29, 0.717) is 12.0 Å². The summed E-state index contributed by atoms with van der Waals surface area (Å²) in [6.07, 6.45) is 5.48. The van der Waals surface area contributed by atoms with Crippen molar-refractivity contribution in [3.63, 3.8) is 0 Å². The number of aromatic nitrogens is 1. The predicted molar refractivity (Wildman–Crippen MR) is 110 cm³/mol. The molecule has 2 heterocycles. The maximum absolute atomic E-state index is 12.6. The van der Waals surface area contributed by atoms with Gasteiger partial charge in [0.1, 0.15) is 0 Å². The van der Waals surface area contributed by atoms with Crippen molar-refractivity contribution in [1.82, 2.24) is 20.1 Å². The second kappa shape index (κ2) is 7.55. The molecule has 0 spiro atoms. The van der Waals surface area contributed by atoms with Gasteiger partial charge < -0.3 is 15.2 Å². The Kier molecular flexibility index (Phi) is 5.13. The number of rotatable bonds is 5. The van der Waals surface area contributed by atoms with Crippen molar-refractivity contribution in [3.05, 3.63) is 35.5 Å². The number of nitrogens with zero attached hydrogens (tertiary/aromatic N) is 2. The molecule has 0 radical (unpaired) electrons. The lowest BCUT2D eigenvalue weighted by Crippen LogP contribution is -2.57. The van der Waals surface area contributed by atoms with E-state index in [0.717, 1.165) is 45.4 Å². The van der Waals surface area contributed by atoms with Gasteiger partial charge in [-0.2, -0.15) is 0 Å². The molecular formula is C22H32N4O. The number of fused-ring (bicyclic) bond motifs is 2. The molecule has 1 aliphatic carbocycles. The Bertz CT molecular complexity index is 810. The summed E-state index contributed by atoms with van der Waals surface area (Å²) in [6, 6.07) is 7.48. The van der Waals surface area contributed by atoms with Crippen molar-refractivity contribution in [1.29, 1.82) is 0 Å². The molecule has 0 saturated carbocycles. The molecule has 4 rings (SSSR count). The van der Waals surface area contributed by atoms with Gasteiger partial charge in [-0.25, -0.2) is 4.79 Å². The first-order valence-electron chi connectivity index (χ1n) is 10.5. The number of carbonyl (C=O) groups is 1. The van der Waals surface area contributed by atoms with E-state index in [1.54, 1.807) is 0 Å². The van der Waals surface area contributed by atoms with Crippen LogP contribution in [0.1, 0.15) is 50.7 Å². The van der Waals surface area contributed by atoms with Gasteiger partial charge in [-0.3, -0.25) is 4.90 Å². The molecule has 1 aliphatic heterocycles. The molecule has 2 amide bonds. The van der Waals surface area contributed by atoms with Crippen LogP contribution in [0.25, 0.3) is 10.9 Å². The van der Waals surface area contributed by atoms with Crippen LogP contribution in [-0.2, 0) is 6.42 Å². The van der Waals surface area contributed by atoms with E-state index in [2.05, 4.69) is 46.5 Å². The number of amides is 2. The van der Waals surface area contributed by atoms with Gasteiger partial charge >= 0.3 is 6.03 Å². The summed E-state index contributed by atoms with van der Waals surface area (Å²) in [5.74, 6) is 0.485. The summed E-state index contributed by atoms with van der Waals surface area (Å²) in [6.45, 7) is 9.89. The number of benzene rings is 1. The summed E-state index contributed by atoms with van der Waals surface area (Å²) >= 11 is 0. The quantitative estimate of drug-likeness (QED) is 0.845. The minimum absolute atomic E-state index is 0.0799. The molecule has 3 atom stereocenters. The van der Waals surface area contributed by atoms with Gasteiger partial charge in [-0.1, -0.05) is 19.1 Å². The number of aromatic amines is 1. The van der Waals surface area contributed by atoms with E-state index in [1.165, 1.54) is 22.0 Å². The lowest BCUT2D eigenvalue weighted by atomic mass is 9.74. The van der Waals surface area contributed by atoms with Crippen molar-refractivity contribution < 1.29 is 4.79 Å². The summed E-state index contributed by atoms with van der Waals surface area (Å²) in [4.78, 5) is 20.6. The molecule has 1 aromatic carbocycles. The standard InChI is InChI=1S/C22H32N4O/c1-4-10-26-14-16(24-22(27)25(5-2)6-3)12-18-17-8-7-9-19-21(17)15(13-23-19)11-20(18)26/h7-9,13,16,18,20,23H,4-6,10-12,14H2,1-3H3,(H,24,27)/t16-,18?,20?/m0/s1. The first kappa shape index (κ1) is 18.4. The third-order valence-corrected chi connectivity index (χ3v) is 6.46. The summed E-state index contributed by atoms with van der Waals surface area (Å²) in [5.41, 5.74) is 4.16. The van der Waals surface area contributed by atoms with Crippen LogP contribution in [0.2, 0.25) is 0 Å². The summed E-state index contributed by atoms with van der Waals surface area (Å²) in [5, 5.41) is 4.75. The number of likely N-dealkylation sites (tertiary alicyclic amines) is 1. The van der Waals surface area contributed by atoms with Gasteiger partial charge in [-0.15, -0.1) is 0 Å². The highest BCUT2D eigenvalue weighted by atomic mass is 16.2. The average Bonchev–Trinajstić information content (AvgIpc) is 3.08. The zero-order valence-electron chi connectivity index (χ0n) is 16.8. The second-order valence-corrected chi connectivity index (χ2v) is 8.01. The molecule has 5 nitrogen and oxygen atoms in total. The van der Waals surface area contributed by atoms with Gasteiger partial charge in [0.05, 0.1) is 0 Å². The van der Waals surface area contributed by atoms with Crippen molar-refractivity contribution in [2.75, 3.05) is 26.2 Å². The van der Waals surface area contributed by atoms with Gasteiger partial charge in [0.15, 0.2) is 0 Å². The SMILES string of the molecule is CCCN1C[C@@H](NC(=O)N(CC)CC)CC2c3cccc4[nH]cc(c34)CC21. The largest absolute Gasteiger partial charge is 0.361 e. The minimum Gasteiger partial charge on any atom is -0.361 e. The molecule has 2 N–H and O–H groups in total. The predicted octanol–water partition coefficient (Wildman–Crippen LogP) is 3.71. The summed E-state index contributed by atoms with van der Waals surface area (Å²) < 4.78 is 0. The van der Waals surface area contributed by atoms with Gasteiger partial charge in [0.2, 0.25) is 0 Å². The Balaban J connectivity index is 1.63. The number of hydrogen-bond donors (Lipinski definition) is 2. The van der Waals surface area contributed by atoms with Crippen LogP contribution in [0.3, 0.4) is 0 Å². The average molecular weight is 369 g/mol. The molecule has 2 unspecified atom stereocenters. The van der Waals surface area contributed by atoms with E-state index in [1.807, 2.05) is 18.7 Å². The highest BCUT2D eigenvalue weighted by molar-refractivity contribution is 5.88. The van der Waals surface area contributed by atoms with Gasteiger partial charge in [0.25, 0.3) is 0 Å². The number of urea groups is 1. The van der Waals surface area contributed by atoms with E-state index in [4.69, 9.17) is 0 Å². The van der Waals surface area contributed by atoms with Crippen molar-refractivity contribution in [2.24, 2.45) is 0 Å². The lowest BCUT2D eigenvalue weighted by Gasteiger charge is -2.47. The number of carbonyl (C=O) groups excluding carboxylic acids is 1. The van der Waals surface area contributed by atoms with Crippen LogP contribution in [0.15, 0.2) is 24.4 Å². The Labute approximate surface area is 162 Å². The van der Waals surface area contributed by atoms with Crippen molar-refractivity contribution in [3.8, 4) is 0 Å². The smallest absolute Gasteiger partial charge is 0.317 e. The zero-order chi connectivity index (χ0) is 19.0. The van der Waals surface area contributed by atoms with Crippen LogP contribution in [0, 0.1) is 0 Å². The third kappa shape index (κ3) is 3.22. The number of piperidine rings is 1. The maximum atomic E-state index is 12.6. The first-order valence-corrected chi connectivity index (χ1v) is 10.5. The van der Waals surface area contributed by atoms with Crippen molar-refractivity contribution in [2.45, 2.75) is 58.0 Å². The van der Waals surface area contributed by atoms with Crippen LogP contribution in [0.5, 0.6) is 0 Å². The second-order valence-electron chi connectivity index (χ2n) is 8.01. The number of H-pyrrole nitrogens is 1. The number of nitrogens with one attached hydrogen (secondary N) is 2. The molecule has 1 aromatic heterocycles. The Hall–Kier alpha value is -2.01. The molecule has 2 aliphatic rings. The lowest BCUT2D eigenvalue weighted by molar-refractivity contribution is 0.0980. The van der Waals surface area contributed by atoms with Crippen LogP contribution < -0.4 is 5.32 Å². The molecular weight excluding hydrogens is 336 g/mol. The van der Waals surface area contributed by atoms with E-state index >= 15 is 0 Å². The molecule has 2 aromatic rings. The molecule has 146 valence electrons. The van der Waals surface area contributed by atoms with E-state index < -0.39 is 0 Å². The Morgan fingerprint density at radius 2 is 2.11 bits per heavy atom. The normalized spacial score (nSPS) is 24.6.